The molecule has 22 heavy (non-hydrogen) atoms. The molecule has 1 aromatic carbocycles. The predicted octanol–water partition coefficient (Wildman–Crippen LogP) is 3.14. The molecule has 1 N–H and O–H groups in total. The van der Waals surface area contributed by atoms with E-state index in [2.05, 4.69) is 36.1 Å². The van der Waals surface area contributed by atoms with Crippen LogP contribution in [-0.2, 0) is 6.61 Å². The molecule has 0 bridgehead atoms. The maximum absolute atomic E-state index is 9.18. The first-order valence-corrected chi connectivity index (χ1v) is 8.84. The van der Waals surface area contributed by atoms with Crippen molar-refractivity contribution in [3.05, 3.63) is 58.7 Å². The number of aryl methyl sites for hydroxylation is 1. The normalized spacial score (nSPS) is 11.4. The van der Waals surface area contributed by atoms with Gasteiger partial charge in [-0.15, -0.1) is 0 Å². The van der Waals surface area contributed by atoms with Crippen molar-refractivity contribution >= 4 is 24.3 Å². The molecular formula is C17H14N2O2Se. The first-order valence-electron chi connectivity index (χ1n) is 6.99. The van der Waals surface area contributed by atoms with Gasteiger partial charge in [0.05, 0.1) is 0 Å². The van der Waals surface area contributed by atoms with Crippen LogP contribution in [0.2, 0.25) is 0 Å². The second-order valence-electron chi connectivity index (χ2n) is 5.16. The quantitative estimate of drug-likeness (QED) is 0.573. The van der Waals surface area contributed by atoms with Crippen molar-refractivity contribution in [2.24, 2.45) is 0 Å². The number of aliphatic hydroxyl groups is 1. The first-order chi connectivity index (χ1) is 10.8. The summed E-state index contributed by atoms with van der Waals surface area (Å²) in [5.74, 6) is 1.28. The second-order valence-corrected chi connectivity index (χ2v) is 7.08. The van der Waals surface area contributed by atoms with Crippen LogP contribution in [0.15, 0.2) is 51.8 Å². The molecule has 0 aliphatic heterocycles. The molecule has 4 aromatic rings. The van der Waals surface area contributed by atoms with E-state index in [-0.39, 0.29) is 21.1 Å². The van der Waals surface area contributed by atoms with Crippen molar-refractivity contribution < 1.29 is 9.52 Å². The molecule has 4 nitrogen and oxygen atoms in total. The second kappa shape index (κ2) is 5.29. The standard InChI is InChI=1S/C17H14N2O2Se/c1-11-3-2-4-12(9-11)19-14-7-8-22-17(14)16(18-19)15-6-5-13(10-20)21-15/h2-9,20H,10H2,1H3. The van der Waals surface area contributed by atoms with Gasteiger partial charge in [0.25, 0.3) is 0 Å². The molecule has 4 rings (SSSR count). The van der Waals surface area contributed by atoms with Gasteiger partial charge in [-0.3, -0.25) is 0 Å². The number of furan rings is 1. The van der Waals surface area contributed by atoms with E-state index in [1.807, 2.05) is 16.8 Å². The Bertz CT molecular complexity index is 949. The van der Waals surface area contributed by atoms with Crippen molar-refractivity contribution in [3.63, 3.8) is 0 Å². The molecule has 0 radical (unpaired) electrons. The number of aromatic nitrogens is 2. The molecule has 0 fully saturated rings. The van der Waals surface area contributed by atoms with Gasteiger partial charge in [0.15, 0.2) is 0 Å². The molecule has 0 unspecified atom stereocenters. The van der Waals surface area contributed by atoms with Crippen LogP contribution in [0, 0.1) is 6.92 Å². The molecule has 0 saturated carbocycles. The average molecular weight is 357 g/mol. The van der Waals surface area contributed by atoms with Crippen LogP contribution in [0.25, 0.3) is 26.9 Å². The van der Waals surface area contributed by atoms with Crippen LogP contribution < -0.4 is 0 Å². The van der Waals surface area contributed by atoms with E-state index in [9.17, 15) is 5.11 Å². The van der Waals surface area contributed by atoms with Crippen molar-refractivity contribution in [3.8, 4) is 17.1 Å². The summed E-state index contributed by atoms with van der Waals surface area (Å²) in [6, 6.07) is 14.1. The zero-order valence-corrected chi connectivity index (χ0v) is 13.7. The Labute approximate surface area is 133 Å². The Hall–Kier alpha value is -2.07. The number of fused-ring (bicyclic) bond motifs is 1. The molecule has 0 spiro atoms. The summed E-state index contributed by atoms with van der Waals surface area (Å²) in [6.07, 6.45) is 0. The van der Waals surface area contributed by atoms with Gasteiger partial charge >= 0.3 is 133 Å². The molecule has 0 saturated heterocycles. The number of hydrogen-bond acceptors (Lipinski definition) is 3. The number of aliphatic hydroxyl groups excluding tert-OH is 1. The van der Waals surface area contributed by atoms with Gasteiger partial charge < -0.3 is 0 Å². The molecular weight excluding hydrogens is 343 g/mol. The SMILES string of the molecule is Cc1cccc(-n2nc(-c3ccc(CO)o3)c3[se]ccc32)c1. The van der Waals surface area contributed by atoms with Gasteiger partial charge in [0.1, 0.15) is 0 Å². The third-order valence-electron chi connectivity index (χ3n) is 3.58. The summed E-state index contributed by atoms with van der Waals surface area (Å²) >= 11 is 0.263. The first kappa shape index (κ1) is 13.6. The topological polar surface area (TPSA) is 51.2 Å². The molecule has 3 aromatic heterocycles. The van der Waals surface area contributed by atoms with E-state index in [0.717, 1.165) is 22.7 Å². The fourth-order valence-corrected chi connectivity index (χ4v) is 4.36. The van der Waals surface area contributed by atoms with Crippen molar-refractivity contribution in [2.75, 3.05) is 0 Å². The van der Waals surface area contributed by atoms with Crippen LogP contribution >= 0.6 is 0 Å². The Morgan fingerprint density at radius 3 is 2.91 bits per heavy atom. The van der Waals surface area contributed by atoms with Gasteiger partial charge in [-0.2, -0.15) is 0 Å². The number of rotatable bonds is 3. The van der Waals surface area contributed by atoms with Crippen molar-refractivity contribution in [1.82, 2.24) is 9.78 Å². The zero-order valence-electron chi connectivity index (χ0n) is 12.0. The summed E-state index contributed by atoms with van der Waals surface area (Å²) in [4.78, 5) is 2.20. The summed E-state index contributed by atoms with van der Waals surface area (Å²) in [5.41, 5.74) is 4.26. The van der Waals surface area contributed by atoms with Gasteiger partial charge in [0.2, 0.25) is 0 Å². The summed E-state index contributed by atoms with van der Waals surface area (Å²) in [5, 5.41) is 13.9. The molecule has 110 valence electrons. The number of benzene rings is 1. The van der Waals surface area contributed by atoms with E-state index >= 15 is 0 Å². The van der Waals surface area contributed by atoms with E-state index in [0.29, 0.717) is 5.76 Å². The Kier molecular flexibility index (Phi) is 3.26. The number of nitrogens with zero attached hydrogens (tertiary/aromatic N) is 2. The summed E-state index contributed by atoms with van der Waals surface area (Å²) in [7, 11) is 0. The third kappa shape index (κ3) is 2.15. The van der Waals surface area contributed by atoms with E-state index in [1.54, 1.807) is 6.07 Å². The zero-order chi connectivity index (χ0) is 15.1. The van der Waals surface area contributed by atoms with Gasteiger partial charge in [-0.25, -0.2) is 0 Å². The van der Waals surface area contributed by atoms with Crippen molar-refractivity contribution in [2.45, 2.75) is 13.5 Å². The fraction of sp³-hybridized carbons (Fsp3) is 0.118. The van der Waals surface area contributed by atoms with Gasteiger partial charge in [0, 0.05) is 0 Å². The molecule has 0 aliphatic carbocycles. The maximum atomic E-state index is 9.18. The van der Waals surface area contributed by atoms with E-state index in [4.69, 9.17) is 9.52 Å². The molecule has 0 atom stereocenters. The van der Waals surface area contributed by atoms with Gasteiger partial charge in [-0.05, 0) is 0 Å². The van der Waals surface area contributed by atoms with Crippen LogP contribution in [0.5, 0.6) is 0 Å². The van der Waals surface area contributed by atoms with Gasteiger partial charge in [-0.1, -0.05) is 0 Å². The fourth-order valence-electron chi connectivity index (χ4n) is 2.55. The van der Waals surface area contributed by atoms with Crippen LogP contribution in [0.1, 0.15) is 11.3 Å². The Morgan fingerprint density at radius 1 is 1.23 bits per heavy atom. The molecule has 3 heterocycles. The summed E-state index contributed by atoms with van der Waals surface area (Å²) < 4.78 is 8.88. The minimum atomic E-state index is -0.0931. The summed E-state index contributed by atoms with van der Waals surface area (Å²) in [6.45, 7) is 1.98. The van der Waals surface area contributed by atoms with Crippen LogP contribution in [0.4, 0.5) is 0 Å². The predicted molar refractivity (Wildman–Crippen MR) is 86.4 cm³/mol. The molecule has 5 heteroatoms. The Morgan fingerprint density at radius 2 is 2.14 bits per heavy atom. The third-order valence-corrected chi connectivity index (χ3v) is 5.49. The molecule has 0 amide bonds. The minimum absolute atomic E-state index is 0.0931. The van der Waals surface area contributed by atoms with Crippen LogP contribution in [0.3, 0.4) is 0 Å². The van der Waals surface area contributed by atoms with Crippen LogP contribution in [-0.4, -0.2) is 29.4 Å². The number of hydrogen-bond donors (Lipinski definition) is 1. The molecule has 0 aliphatic rings. The van der Waals surface area contributed by atoms with Crippen molar-refractivity contribution in [1.29, 1.82) is 0 Å². The van der Waals surface area contributed by atoms with E-state index in [1.165, 1.54) is 9.82 Å². The Balaban J connectivity index is 1.92. The van der Waals surface area contributed by atoms with E-state index < -0.39 is 0 Å². The monoisotopic (exact) mass is 358 g/mol. The average Bonchev–Trinajstić information content (AvgIpc) is 3.22.